The van der Waals surface area contributed by atoms with E-state index >= 15 is 0 Å². The maximum atomic E-state index is 12.2. The predicted molar refractivity (Wildman–Crippen MR) is 101 cm³/mol. The van der Waals surface area contributed by atoms with E-state index < -0.39 is 0 Å². The summed E-state index contributed by atoms with van der Waals surface area (Å²) < 4.78 is 15.8. The number of para-hydroxylation sites is 1. The van der Waals surface area contributed by atoms with Gasteiger partial charge in [0.05, 0.1) is 27.0 Å². The monoisotopic (exact) mass is 366 g/mol. The molecule has 2 aromatic carbocycles. The highest BCUT2D eigenvalue weighted by atomic mass is 35.5. The largest absolute Gasteiger partial charge is 0.494 e. The Bertz CT molecular complexity index is 722. The molecule has 0 radical (unpaired) electrons. The number of nitrogens with two attached hydrogens (primary N) is 1. The number of rotatable bonds is 7. The number of hydrogen-bond donors (Lipinski definition) is 2. The van der Waals surface area contributed by atoms with Crippen LogP contribution in [0.4, 0.5) is 11.4 Å². The molecule has 0 heterocycles. The molecule has 0 aliphatic heterocycles. The smallest absolute Gasteiger partial charge is 0.224 e. The average molecular weight is 367 g/mol. The molecule has 1 amide bonds. The highest BCUT2D eigenvalue weighted by molar-refractivity contribution is 5.93. The molecule has 0 atom stereocenters. The van der Waals surface area contributed by atoms with Crippen LogP contribution in [-0.4, -0.2) is 27.2 Å². The third-order valence-corrected chi connectivity index (χ3v) is 3.66. The third-order valence-electron chi connectivity index (χ3n) is 3.66. The molecule has 2 rings (SSSR count). The summed E-state index contributed by atoms with van der Waals surface area (Å²) in [5.41, 5.74) is 8.06. The van der Waals surface area contributed by atoms with Gasteiger partial charge >= 0.3 is 0 Å². The minimum absolute atomic E-state index is 0. The molecular weight excluding hydrogens is 344 g/mol. The Morgan fingerprint density at radius 1 is 1.00 bits per heavy atom. The van der Waals surface area contributed by atoms with E-state index in [9.17, 15) is 4.79 Å². The van der Waals surface area contributed by atoms with Gasteiger partial charge in [0.15, 0.2) is 11.5 Å². The highest BCUT2D eigenvalue weighted by Crippen LogP contribution is 2.37. The van der Waals surface area contributed by atoms with Gasteiger partial charge in [0, 0.05) is 24.2 Å². The summed E-state index contributed by atoms with van der Waals surface area (Å²) in [6.07, 6.45) is 0.875. The molecule has 0 spiro atoms. The third kappa shape index (κ3) is 5.19. The predicted octanol–water partition coefficient (Wildman–Crippen LogP) is 3.29. The Hall–Kier alpha value is -2.60. The fourth-order valence-electron chi connectivity index (χ4n) is 2.35. The van der Waals surface area contributed by atoms with E-state index in [4.69, 9.17) is 19.9 Å². The van der Waals surface area contributed by atoms with E-state index in [0.717, 1.165) is 5.56 Å². The van der Waals surface area contributed by atoms with Crippen LogP contribution in [0.15, 0.2) is 36.4 Å². The fraction of sp³-hybridized carbons (Fsp3) is 0.278. The number of carbonyl (C=O) groups excluding carboxylic acids is 1. The van der Waals surface area contributed by atoms with Gasteiger partial charge in [0.2, 0.25) is 5.91 Å². The highest BCUT2D eigenvalue weighted by Gasteiger charge is 2.14. The number of aryl methyl sites for hydroxylation is 1. The Balaban J connectivity index is 0.00000312. The molecule has 7 heteroatoms. The topological polar surface area (TPSA) is 82.8 Å². The van der Waals surface area contributed by atoms with Crippen molar-refractivity contribution in [2.24, 2.45) is 0 Å². The van der Waals surface area contributed by atoms with Crippen molar-refractivity contribution >= 4 is 29.7 Å². The van der Waals surface area contributed by atoms with E-state index in [1.54, 1.807) is 19.2 Å². The zero-order valence-corrected chi connectivity index (χ0v) is 15.3. The van der Waals surface area contributed by atoms with Crippen LogP contribution < -0.4 is 25.3 Å². The second kappa shape index (κ2) is 9.64. The van der Waals surface area contributed by atoms with Gasteiger partial charge in [-0.2, -0.15) is 0 Å². The van der Waals surface area contributed by atoms with E-state index in [0.29, 0.717) is 41.5 Å². The lowest BCUT2D eigenvalue weighted by molar-refractivity contribution is -0.116. The van der Waals surface area contributed by atoms with Gasteiger partial charge in [-0.05, 0) is 18.1 Å². The van der Waals surface area contributed by atoms with Crippen LogP contribution in [0.3, 0.4) is 0 Å². The molecule has 0 saturated carbocycles. The van der Waals surface area contributed by atoms with Crippen molar-refractivity contribution < 1.29 is 19.0 Å². The second-order valence-corrected chi connectivity index (χ2v) is 5.15. The van der Waals surface area contributed by atoms with Crippen molar-refractivity contribution in [2.75, 3.05) is 32.4 Å². The van der Waals surface area contributed by atoms with Crippen molar-refractivity contribution in [3.8, 4) is 17.2 Å². The van der Waals surface area contributed by atoms with Gasteiger partial charge in [-0.1, -0.05) is 18.2 Å². The lowest BCUT2D eigenvalue weighted by atomic mass is 10.1. The van der Waals surface area contributed by atoms with E-state index in [2.05, 4.69) is 5.32 Å². The number of benzene rings is 2. The van der Waals surface area contributed by atoms with Gasteiger partial charge < -0.3 is 25.3 Å². The lowest BCUT2D eigenvalue weighted by Crippen LogP contribution is -2.13. The van der Waals surface area contributed by atoms with E-state index in [-0.39, 0.29) is 18.3 Å². The van der Waals surface area contributed by atoms with Gasteiger partial charge in [0.25, 0.3) is 0 Å². The van der Waals surface area contributed by atoms with Crippen LogP contribution in [0, 0.1) is 0 Å². The Labute approximate surface area is 153 Å². The van der Waals surface area contributed by atoms with Crippen LogP contribution in [-0.2, 0) is 11.2 Å². The average Bonchev–Trinajstić information content (AvgIpc) is 2.60. The molecule has 25 heavy (non-hydrogen) atoms. The molecule has 0 fully saturated rings. The standard InChI is InChI=1S/C18H22N2O4.ClH/c1-22-15-11-17(24-3)16(23-2)10-14(15)20-18(21)9-8-12-6-4-5-7-13(12)19;/h4-7,10-11H,8-9,19H2,1-3H3,(H,20,21);1H. The number of nitrogen functional groups attached to an aromatic ring is 1. The molecule has 6 nitrogen and oxygen atoms in total. The lowest BCUT2D eigenvalue weighted by Gasteiger charge is -2.15. The Kier molecular flexibility index (Phi) is 7.88. The van der Waals surface area contributed by atoms with Gasteiger partial charge in [-0.15, -0.1) is 12.4 Å². The molecule has 0 bridgehead atoms. The number of ether oxygens (including phenoxy) is 3. The van der Waals surface area contributed by atoms with Crippen LogP contribution >= 0.6 is 12.4 Å². The van der Waals surface area contributed by atoms with Crippen LogP contribution in [0.5, 0.6) is 17.2 Å². The summed E-state index contributed by atoms with van der Waals surface area (Å²) in [7, 11) is 4.61. The van der Waals surface area contributed by atoms with Crippen molar-refractivity contribution in [3.63, 3.8) is 0 Å². The first-order valence-electron chi connectivity index (χ1n) is 7.52. The molecule has 0 unspecified atom stereocenters. The maximum absolute atomic E-state index is 12.2. The molecule has 136 valence electrons. The summed E-state index contributed by atoms with van der Waals surface area (Å²) >= 11 is 0. The summed E-state index contributed by atoms with van der Waals surface area (Å²) in [4.78, 5) is 12.2. The first kappa shape index (κ1) is 20.4. The van der Waals surface area contributed by atoms with Gasteiger partial charge in [-0.25, -0.2) is 0 Å². The Morgan fingerprint density at radius 2 is 1.60 bits per heavy atom. The second-order valence-electron chi connectivity index (χ2n) is 5.15. The summed E-state index contributed by atoms with van der Waals surface area (Å²) in [5, 5.41) is 2.84. The zero-order valence-electron chi connectivity index (χ0n) is 14.5. The minimum atomic E-state index is -0.135. The molecule has 3 N–H and O–H groups in total. The van der Waals surface area contributed by atoms with Crippen molar-refractivity contribution in [1.29, 1.82) is 0 Å². The fourth-order valence-corrected chi connectivity index (χ4v) is 2.35. The summed E-state index contributed by atoms with van der Waals surface area (Å²) in [6.45, 7) is 0. The Morgan fingerprint density at radius 3 is 2.20 bits per heavy atom. The normalized spacial score (nSPS) is 9.72. The molecule has 0 aliphatic rings. The molecule has 0 aliphatic carbocycles. The molecule has 2 aromatic rings. The van der Waals surface area contributed by atoms with E-state index in [1.165, 1.54) is 14.2 Å². The quantitative estimate of drug-likeness (QED) is 0.735. The van der Waals surface area contributed by atoms with Crippen LogP contribution in [0.2, 0.25) is 0 Å². The van der Waals surface area contributed by atoms with Crippen molar-refractivity contribution in [3.05, 3.63) is 42.0 Å². The summed E-state index contributed by atoms with van der Waals surface area (Å²) in [5.74, 6) is 1.41. The SMILES string of the molecule is COc1cc(OC)c(OC)cc1NC(=O)CCc1ccccc1N.Cl. The number of methoxy groups -OCH3 is 3. The summed E-state index contributed by atoms with van der Waals surface area (Å²) in [6, 6.07) is 10.9. The number of nitrogens with one attached hydrogen (secondary N) is 1. The van der Waals surface area contributed by atoms with E-state index in [1.807, 2.05) is 24.3 Å². The van der Waals surface area contributed by atoms with Crippen LogP contribution in [0.1, 0.15) is 12.0 Å². The van der Waals surface area contributed by atoms with Crippen molar-refractivity contribution in [1.82, 2.24) is 0 Å². The first-order chi connectivity index (χ1) is 11.6. The first-order valence-corrected chi connectivity index (χ1v) is 7.52. The number of anilines is 2. The number of carbonyl (C=O) groups is 1. The number of amides is 1. The zero-order chi connectivity index (χ0) is 17.5. The maximum Gasteiger partial charge on any atom is 0.224 e. The molecule has 0 saturated heterocycles. The number of hydrogen-bond acceptors (Lipinski definition) is 5. The van der Waals surface area contributed by atoms with Gasteiger partial charge in [0.1, 0.15) is 5.75 Å². The van der Waals surface area contributed by atoms with Gasteiger partial charge in [-0.3, -0.25) is 4.79 Å². The molecular formula is C18H23ClN2O4. The minimum Gasteiger partial charge on any atom is -0.494 e. The van der Waals surface area contributed by atoms with Crippen molar-refractivity contribution in [2.45, 2.75) is 12.8 Å². The molecule has 0 aromatic heterocycles. The number of halogens is 1. The van der Waals surface area contributed by atoms with Crippen LogP contribution in [0.25, 0.3) is 0 Å².